The maximum Gasteiger partial charge on any atom is 0.340 e. The highest BCUT2D eigenvalue weighted by Gasteiger charge is 2.48. The van der Waals surface area contributed by atoms with Gasteiger partial charge in [-0.3, -0.25) is 4.79 Å². The number of hydrogen-bond acceptors (Lipinski definition) is 3. The molecular formula is C13H14O4. The summed E-state index contributed by atoms with van der Waals surface area (Å²) >= 11 is 0. The second kappa shape index (κ2) is 4.30. The molecule has 1 aliphatic carbocycles. The van der Waals surface area contributed by atoms with Crippen molar-refractivity contribution in [2.24, 2.45) is 5.92 Å². The minimum absolute atomic E-state index is 0.0191. The van der Waals surface area contributed by atoms with Crippen molar-refractivity contribution in [2.75, 3.05) is 0 Å². The van der Waals surface area contributed by atoms with Crippen LogP contribution in [0.3, 0.4) is 0 Å². The third kappa shape index (κ3) is 1.96. The zero-order valence-electron chi connectivity index (χ0n) is 9.30. The van der Waals surface area contributed by atoms with Crippen LogP contribution in [0, 0.1) is 5.92 Å². The summed E-state index contributed by atoms with van der Waals surface area (Å²) in [4.78, 5) is 22.6. The summed E-state index contributed by atoms with van der Waals surface area (Å²) in [7, 11) is 0. The predicted molar refractivity (Wildman–Crippen MR) is 60.3 cm³/mol. The molecule has 1 saturated carbocycles. The Morgan fingerprint density at radius 3 is 2.41 bits per heavy atom. The molecule has 0 bridgehead atoms. The van der Waals surface area contributed by atoms with Gasteiger partial charge in [-0.1, -0.05) is 30.3 Å². The lowest BCUT2D eigenvalue weighted by atomic mass is 9.80. The SMILES string of the molecule is O=C1CC[C@@H](C(O)(C(=O)O)c2ccccc2)C1. The number of carbonyl (C=O) groups is 2. The van der Waals surface area contributed by atoms with Gasteiger partial charge in [-0.25, -0.2) is 4.79 Å². The van der Waals surface area contributed by atoms with Crippen molar-refractivity contribution in [2.45, 2.75) is 24.9 Å². The molecular weight excluding hydrogens is 220 g/mol. The molecule has 1 aromatic carbocycles. The molecule has 1 aliphatic rings. The predicted octanol–water partition coefficient (Wildman–Crippen LogP) is 1.33. The van der Waals surface area contributed by atoms with Crippen LogP contribution in [0.5, 0.6) is 0 Å². The Labute approximate surface area is 98.9 Å². The van der Waals surface area contributed by atoms with Crippen LogP contribution in [-0.2, 0) is 15.2 Å². The molecule has 2 rings (SSSR count). The number of benzene rings is 1. The van der Waals surface area contributed by atoms with Crippen LogP contribution in [0.1, 0.15) is 24.8 Å². The highest BCUT2D eigenvalue weighted by atomic mass is 16.4. The number of hydrogen-bond donors (Lipinski definition) is 2. The Morgan fingerprint density at radius 1 is 1.29 bits per heavy atom. The molecule has 4 nitrogen and oxygen atoms in total. The Hall–Kier alpha value is -1.68. The fourth-order valence-corrected chi connectivity index (χ4v) is 2.40. The van der Waals surface area contributed by atoms with Gasteiger partial charge in [0.15, 0.2) is 5.60 Å². The fraction of sp³-hybridized carbons (Fsp3) is 0.385. The molecule has 1 aromatic rings. The van der Waals surface area contributed by atoms with Gasteiger partial charge in [0.05, 0.1) is 0 Å². The summed E-state index contributed by atoms with van der Waals surface area (Å²) < 4.78 is 0. The molecule has 2 atom stereocenters. The van der Waals surface area contributed by atoms with Crippen LogP contribution in [0.15, 0.2) is 30.3 Å². The van der Waals surface area contributed by atoms with Crippen molar-refractivity contribution in [3.8, 4) is 0 Å². The molecule has 0 saturated heterocycles. The van der Waals surface area contributed by atoms with E-state index in [0.29, 0.717) is 18.4 Å². The lowest BCUT2D eigenvalue weighted by Crippen LogP contribution is -2.42. The van der Waals surface area contributed by atoms with Crippen molar-refractivity contribution < 1.29 is 19.8 Å². The van der Waals surface area contributed by atoms with Crippen molar-refractivity contribution in [3.63, 3.8) is 0 Å². The van der Waals surface area contributed by atoms with Gasteiger partial charge >= 0.3 is 5.97 Å². The molecule has 0 spiro atoms. The van der Waals surface area contributed by atoms with E-state index in [0.717, 1.165) is 0 Å². The monoisotopic (exact) mass is 234 g/mol. The average molecular weight is 234 g/mol. The van der Waals surface area contributed by atoms with Crippen LogP contribution in [0.2, 0.25) is 0 Å². The second-order valence-corrected chi connectivity index (χ2v) is 4.42. The first-order valence-corrected chi connectivity index (χ1v) is 5.58. The Balaban J connectivity index is 2.40. The summed E-state index contributed by atoms with van der Waals surface area (Å²) in [5, 5.41) is 19.7. The van der Waals surface area contributed by atoms with Crippen LogP contribution in [-0.4, -0.2) is 22.0 Å². The number of aliphatic carboxylic acids is 1. The number of Topliss-reactive ketones (excluding diaryl/α,β-unsaturated/α-hetero) is 1. The second-order valence-electron chi connectivity index (χ2n) is 4.42. The molecule has 1 unspecified atom stereocenters. The molecule has 1 fully saturated rings. The summed E-state index contributed by atoms with van der Waals surface area (Å²) in [6.07, 6.45) is 0.918. The average Bonchev–Trinajstić information content (AvgIpc) is 2.76. The van der Waals surface area contributed by atoms with E-state index >= 15 is 0 Å². The number of rotatable bonds is 3. The lowest BCUT2D eigenvalue weighted by Gasteiger charge is -2.29. The van der Waals surface area contributed by atoms with E-state index in [1.54, 1.807) is 30.3 Å². The fourth-order valence-electron chi connectivity index (χ4n) is 2.40. The van der Waals surface area contributed by atoms with E-state index in [1.807, 2.05) is 0 Å². The van der Waals surface area contributed by atoms with Gasteiger partial charge in [-0.15, -0.1) is 0 Å². The largest absolute Gasteiger partial charge is 0.479 e. The molecule has 90 valence electrons. The number of aliphatic hydroxyl groups is 1. The van der Waals surface area contributed by atoms with Gasteiger partial charge in [-0.05, 0) is 12.0 Å². The van der Waals surface area contributed by atoms with Gasteiger partial charge in [-0.2, -0.15) is 0 Å². The molecule has 0 amide bonds. The number of carbonyl (C=O) groups excluding carboxylic acids is 1. The Kier molecular flexibility index (Phi) is 2.98. The van der Waals surface area contributed by atoms with Crippen LogP contribution in [0.25, 0.3) is 0 Å². The van der Waals surface area contributed by atoms with Gasteiger partial charge in [0, 0.05) is 18.8 Å². The maximum atomic E-state index is 11.4. The third-order valence-corrected chi connectivity index (χ3v) is 3.38. The first-order valence-electron chi connectivity index (χ1n) is 5.58. The molecule has 0 aliphatic heterocycles. The van der Waals surface area contributed by atoms with Crippen molar-refractivity contribution >= 4 is 11.8 Å². The standard InChI is InChI=1S/C13H14O4/c14-11-7-6-10(8-11)13(17,12(15)16)9-4-2-1-3-5-9/h1-5,10,17H,6-8H2,(H,15,16)/t10-,13?/m1/s1. The van der Waals surface area contributed by atoms with E-state index in [-0.39, 0.29) is 12.2 Å². The first kappa shape index (κ1) is 11.8. The van der Waals surface area contributed by atoms with Crippen LogP contribution >= 0.6 is 0 Å². The quantitative estimate of drug-likeness (QED) is 0.827. The molecule has 2 N–H and O–H groups in total. The molecule has 17 heavy (non-hydrogen) atoms. The lowest BCUT2D eigenvalue weighted by molar-refractivity contribution is -0.166. The van der Waals surface area contributed by atoms with Crippen molar-refractivity contribution in [1.29, 1.82) is 0 Å². The molecule has 0 radical (unpaired) electrons. The highest BCUT2D eigenvalue weighted by molar-refractivity contribution is 5.85. The van der Waals surface area contributed by atoms with E-state index < -0.39 is 17.5 Å². The van der Waals surface area contributed by atoms with Gasteiger partial charge in [0.2, 0.25) is 0 Å². The Morgan fingerprint density at radius 2 is 1.94 bits per heavy atom. The minimum atomic E-state index is -1.95. The zero-order valence-corrected chi connectivity index (χ0v) is 9.30. The number of ketones is 1. The molecule has 4 heteroatoms. The van der Waals surface area contributed by atoms with E-state index in [4.69, 9.17) is 0 Å². The molecule has 0 heterocycles. The summed E-state index contributed by atoms with van der Waals surface area (Å²) in [6, 6.07) is 8.28. The minimum Gasteiger partial charge on any atom is -0.479 e. The smallest absolute Gasteiger partial charge is 0.340 e. The topological polar surface area (TPSA) is 74.6 Å². The number of carboxylic acids is 1. The highest BCUT2D eigenvalue weighted by Crippen LogP contribution is 2.39. The third-order valence-electron chi connectivity index (χ3n) is 3.38. The van der Waals surface area contributed by atoms with Gasteiger partial charge < -0.3 is 10.2 Å². The summed E-state index contributed by atoms with van der Waals surface area (Å²) in [5.41, 5.74) is -1.61. The van der Waals surface area contributed by atoms with E-state index in [1.165, 1.54) is 0 Å². The number of carboxylic acid groups (broad SMARTS) is 1. The van der Waals surface area contributed by atoms with E-state index in [9.17, 15) is 19.8 Å². The van der Waals surface area contributed by atoms with Crippen LogP contribution in [0.4, 0.5) is 0 Å². The molecule has 0 aromatic heterocycles. The summed E-state index contributed by atoms with van der Waals surface area (Å²) in [6.45, 7) is 0. The Bertz CT molecular complexity index is 440. The normalized spacial score (nSPS) is 23.4. The van der Waals surface area contributed by atoms with Crippen LogP contribution < -0.4 is 0 Å². The van der Waals surface area contributed by atoms with Gasteiger partial charge in [0.25, 0.3) is 0 Å². The summed E-state index contributed by atoms with van der Waals surface area (Å²) in [5.74, 6) is -1.80. The first-order chi connectivity index (χ1) is 8.05. The van der Waals surface area contributed by atoms with E-state index in [2.05, 4.69) is 0 Å². The zero-order chi connectivity index (χ0) is 12.5. The van der Waals surface area contributed by atoms with Crippen molar-refractivity contribution in [3.05, 3.63) is 35.9 Å². The van der Waals surface area contributed by atoms with Crippen molar-refractivity contribution in [1.82, 2.24) is 0 Å². The van der Waals surface area contributed by atoms with Gasteiger partial charge in [0.1, 0.15) is 5.78 Å². The maximum absolute atomic E-state index is 11.4.